The summed E-state index contributed by atoms with van der Waals surface area (Å²) in [5.74, 6) is 2.67. The molecule has 0 N–H and O–H groups in total. The molecule has 27 heavy (non-hydrogen) atoms. The fourth-order valence-corrected chi connectivity index (χ4v) is 3.94. The van der Waals surface area contributed by atoms with Crippen molar-refractivity contribution in [3.05, 3.63) is 72.9 Å². The van der Waals surface area contributed by atoms with E-state index >= 15 is 0 Å². The maximum absolute atomic E-state index is 5.92. The van der Waals surface area contributed by atoms with Gasteiger partial charge in [-0.2, -0.15) is 0 Å². The third-order valence-electron chi connectivity index (χ3n) is 5.23. The number of benzene rings is 2. The summed E-state index contributed by atoms with van der Waals surface area (Å²) in [6.45, 7) is 0. The Bertz CT molecular complexity index is 1050. The molecule has 2 aromatic heterocycles. The quantitative estimate of drug-likeness (QED) is 0.450. The lowest BCUT2D eigenvalue weighted by Gasteiger charge is -2.16. The van der Waals surface area contributed by atoms with E-state index in [2.05, 4.69) is 21.7 Å². The summed E-state index contributed by atoms with van der Waals surface area (Å²) < 4.78 is 8.26. The van der Waals surface area contributed by atoms with E-state index in [4.69, 9.17) is 9.72 Å². The van der Waals surface area contributed by atoms with Crippen LogP contribution in [0.2, 0.25) is 0 Å². The summed E-state index contributed by atoms with van der Waals surface area (Å²) in [6, 6.07) is 22.5. The van der Waals surface area contributed by atoms with Crippen LogP contribution in [0.3, 0.4) is 0 Å². The van der Waals surface area contributed by atoms with Crippen LogP contribution in [0.15, 0.2) is 72.9 Å². The van der Waals surface area contributed by atoms with Crippen LogP contribution < -0.4 is 4.74 Å². The summed E-state index contributed by atoms with van der Waals surface area (Å²) in [5.41, 5.74) is 3.05. The van der Waals surface area contributed by atoms with Gasteiger partial charge in [0.1, 0.15) is 22.8 Å². The summed E-state index contributed by atoms with van der Waals surface area (Å²) in [4.78, 5) is 9.52. The Labute approximate surface area is 158 Å². The Hall–Kier alpha value is -3.14. The Morgan fingerprint density at radius 3 is 2.33 bits per heavy atom. The van der Waals surface area contributed by atoms with E-state index in [0.717, 1.165) is 34.1 Å². The molecule has 1 aliphatic carbocycles. The van der Waals surface area contributed by atoms with Crippen LogP contribution >= 0.6 is 0 Å². The fourth-order valence-electron chi connectivity index (χ4n) is 3.94. The van der Waals surface area contributed by atoms with E-state index in [1.165, 1.54) is 25.7 Å². The number of aromatic nitrogens is 3. The fraction of sp³-hybridized carbons (Fsp3) is 0.217. The van der Waals surface area contributed by atoms with E-state index < -0.39 is 0 Å². The Kier molecular flexibility index (Phi) is 4.09. The minimum absolute atomic E-state index is 0.486. The van der Waals surface area contributed by atoms with Crippen molar-refractivity contribution >= 4 is 11.2 Å². The summed E-state index contributed by atoms with van der Waals surface area (Å²) in [7, 11) is 0. The lowest BCUT2D eigenvalue weighted by molar-refractivity contribution is 0.482. The topological polar surface area (TPSA) is 39.9 Å². The molecular weight excluding hydrogens is 334 g/mol. The number of imidazole rings is 1. The van der Waals surface area contributed by atoms with Gasteiger partial charge in [0, 0.05) is 17.8 Å². The molecule has 0 unspecified atom stereocenters. The van der Waals surface area contributed by atoms with Gasteiger partial charge < -0.3 is 9.30 Å². The molecule has 2 aromatic carbocycles. The highest BCUT2D eigenvalue weighted by atomic mass is 16.5. The molecule has 4 heteroatoms. The van der Waals surface area contributed by atoms with E-state index in [9.17, 15) is 0 Å². The molecule has 0 atom stereocenters. The Morgan fingerprint density at radius 2 is 1.56 bits per heavy atom. The summed E-state index contributed by atoms with van der Waals surface area (Å²) in [6.07, 6.45) is 6.81. The number of ether oxygens (including phenoxy) is 1. The SMILES string of the molecule is c1ccc(Oc2ccc(-c3nc4cccnc4n3C3CCCC3)cc2)cc1. The van der Waals surface area contributed by atoms with Gasteiger partial charge in [0.25, 0.3) is 0 Å². The largest absolute Gasteiger partial charge is 0.457 e. The van der Waals surface area contributed by atoms with E-state index in [1.54, 1.807) is 0 Å². The number of nitrogens with zero attached hydrogens (tertiary/aromatic N) is 3. The first-order valence-corrected chi connectivity index (χ1v) is 9.55. The molecule has 1 fully saturated rings. The molecule has 0 aliphatic heterocycles. The van der Waals surface area contributed by atoms with Gasteiger partial charge in [-0.15, -0.1) is 0 Å². The van der Waals surface area contributed by atoms with Gasteiger partial charge in [-0.05, 0) is 61.4 Å². The predicted molar refractivity (Wildman–Crippen MR) is 107 cm³/mol. The molecule has 4 aromatic rings. The van der Waals surface area contributed by atoms with Crippen LogP contribution in [-0.4, -0.2) is 14.5 Å². The molecule has 1 saturated carbocycles. The van der Waals surface area contributed by atoms with Crippen molar-refractivity contribution in [2.75, 3.05) is 0 Å². The lowest BCUT2D eigenvalue weighted by atomic mass is 10.1. The predicted octanol–water partition coefficient (Wildman–Crippen LogP) is 6.01. The van der Waals surface area contributed by atoms with Crippen LogP contribution in [0.1, 0.15) is 31.7 Å². The highest BCUT2D eigenvalue weighted by Crippen LogP contribution is 2.36. The molecule has 0 amide bonds. The lowest BCUT2D eigenvalue weighted by Crippen LogP contribution is -2.07. The minimum atomic E-state index is 0.486. The molecule has 0 bridgehead atoms. The van der Waals surface area contributed by atoms with Crippen molar-refractivity contribution in [3.8, 4) is 22.9 Å². The van der Waals surface area contributed by atoms with Crippen molar-refractivity contribution in [1.82, 2.24) is 14.5 Å². The number of pyridine rings is 1. The van der Waals surface area contributed by atoms with Gasteiger partial charge in [-0.3, -0.25) is 0 Å². The van der Waals surface area contributed by atoms with Crippen LogP contribution in [0.4, 0.5) is 0 Å². The molecule has 4 nitrogen and oxygen atoms in total. The number of hydrogen-bond acceptors (Lipinski definition) is 3. The van der Waals surface area contributed by atoms with Gasteiger partial charge in [0.2, 0.25) is 0 Å². The van der Waals surface area contributed by atoms with Gasteiger partial charge in [0.15, 0.2) is 5.65 Å². The van der Waals surface area contributed by atoms with Crippen LogP contribution in [0, 0.1) is 0 Å². The van der Waals surface area contributed by atoms with E-state index in [-0.39, 0.29) is 0 Å². The molecule has 0 radical (unpaired) electrons. The van der Waals surface area contributed by atoms with Gasteiger partial charge >= 0.3 is 0 Å². The molecule has 2 heterocycles. The van der Waals surface area contributed by atoms with Crippen LogP contribution in [0.25, 0.3) is 22.6 Å². The summed E-state index contributed by atoms with van der Waals surface area (Å²) in [5, 5.41) is 0. The van der Waals surface area contributed by atoms with Gasteiger partial charge in [-0.25, -0.2) is 9.97 Å². The maximum atomic E-state index is 5.92. The zero-order valence-corrected chi connectivity index (χ0v) is 15.1. The normalized spacial score (nSPS) is 14.7. The maximum Gasteiger partial charge on any atom is 0.160 e. The minimum Gasteiger partial charge on any atom is -0.457 e. The molecule has 1 aliphatic rings. The average Bonchev–Trinajstić information content (AvgIpc) is 3.37. The number of para-hydroxylation sites is 1. The Morgan fingerprint density at radius 1 is 0.815 bits per heavy atom. The second-order valence-corrected chi connectivity index (χ2v) is 7.03. The second-order valence-electron chi connectivity index (χ2n) is 7.03. The highest BCUT2D eigenvalue weighted by Gasteiger charge is 2.23. The molecule has 134 valence electrons. The summed E-state index contributed by atoms with van der Waals surface area (Å²) >= 11 is 0. The molecule has 0 spiro atoms. The van der Waals surface area contributed by atoms with E-state index in [1.807, 2.05) is 60.8 Å². The zero-order chi connectivity index (χ0) is 18.1. The third-order valence-corrected chi connectivity index (χ3v) is 5.23. The highest BCUT2D eigenvalue weighted by molar-refractivity contribution is 5.77. The van der Waals surface area contributed by atoms with Crippen LogP contribution in [-0.2, 0) is 0 Å². The number of rotatable bonds is 4. The monoisotopic (exact) mass is 355 g/mol. The van der Waals surface area contributed by atoms with Crippen molar-refractivity contribution in [2.45, 2.75) is 31.7 Å². The first-order valence-electron chi connectivity index (χ1n) is 9.55. The zero-order valence-electron chi connectivity index (χ0n) is 15.1. The average molecular weight is 355 g/mol. The van der Waals surface area contributed by atoms with Gasteiger partial charge in [0.05, 0.1) is 0 Å². The van der Waals surface area contributed by atoms with Crippen molar-refractivity contribution in [3.63, 3.8) is 0 Å². The standard InChI is InChI=1S/C23H21N3O/c1-2-9-19(10-3-1)27-20-14-12-17(13-15-20)22-25-21-11-6-16-24-23(21)26(22)18-7-4-5-8-18/h1-3,6,9-16,18H,4-5,7-8H2. The smallest absolute Gasteiger partial charge is 0.160 e. The first kappa shape index (κ1) is 16.1. The first-order chi connectivity index (χ1) is 13.4. The second kappa shape index (κ2) is 6.88. The Balaban J connectivity index is 1.52. The number of hydrogen-bond donors (Lipinski definition) is 0. The molecule has 5 rings (SSSR count). The van der Waals surface area contributed by atoms with E-state index in [0.29, 0.717) is 6.04 Å². The van der Waals surface area contributed by atoms with Crippen molar-refractivity contribution in [1.29, 1.82) is 0 Å². The van der Waals surface area contributed by atoms with Crippen molar-refractivity contribution < 1.29 is 4.74 Å². The van der Waals surface area contributed by atoms with Gasteiger partial charge in [-0.1, -0.05) is 31.0 Å². The molecular formula is C23H21N3O. The third kappa shape index (κ3) is 3.08. The van der Waals surface area contributed by atoms with Crippen LogP contribution in [0.5, 0.6) is 11.5 Å². The molecule has 0 saturated heterocycles. The van der Waals surface area contributed by atoms with Crippen molar-refractivity contribution in [2.24, 2.45) is 0 Å². The number of fused-ring (bicyclic) bond motifs is 1.